The van der Waals surface area contributed by atoms with Crippen molar-refractivity contribution in [3.05, 3.63) is 63.7 Å². The van der Waals surface area contributed by atoms with Crippen LogP contribution in [0.4, 0.5) is 10.1 Å². The molecule has 1 saturated carbocycles. The SMILES string of the molecule is CCOC(=O)C1CCC(OC([C@@H]2CCCN2C(=O)Cc2cc(Cl)c(NC(=O)c3csc4ccccc34)cc2F)N2C[C@H](OC)[C@H](OC)C2)CC1. The number of anilines is 1. The van der Waals surface area contributed by atoms with Crippen LogP contribution in [0.5, 0.6) is 0 Å². The monoisotopic (exact) mass is 729 g/mol. The highest BCUT2D eigenvalue weighted by atomic mass is 35.5. The Balaban J connectivity index is 1.15. The lowest BCUT2D eigenvalue weighted by Crippen LogP contribution is -2.53. The van der Waals surface area contributed by atoms with Crippen molar-refractivity contribution in [3.8, 4) is 0 Å². The summed E-state index contributed by atoms with van der Waals surface area (Å²) in [6.07, 6.45) is 3.31. The maximum absolute atomic E-state index is 15.6. The molecular weight excluding hydrogens is 685 g/mol. The third kappa shape index (κ3) is 8.00. The summed E-state index contributed by atoms with van der Waals surface area (Å²) in [4.78, 5) is 43.4. The Labute approximate surface area is 301 Å². The van der Waals surface area contributed by atoms with Crippen LogP contribution in [0.2, 0.25) is 5.02 Å². The van der Waals surface area contributed by atoms with Crippen LogP contribution in [0.1, 0.15) is 61.4 Å². The van der Waals surface area contributed by atoms with E-state index in [0.717, 1.165) is 22.9 Å². The number of methoxy groups -OCH3 is 2. The fraction of sp³-hybridized carbons (Fsp3) is 0.541. The molecule has 3 aliphatic rings. The molecule has 2 saturated heterocycles. The van der Waals surface area contributed by atoms with Gasteiger partial charge in [-0.2, -0.15) is 0 Å². The van der Waals surface area contributed by atoms with Crippen LogP contribution in [0.25, 0.3) is 10.1 Å². The summed E-state index contributed by atoms with van der Waals surface area (Å²) in [5.41, 5.74) is 0.775. The summed E-state index contributed by atoms with van der Waals surface area (Å²) in [5.74, 6) is -1.52. The van der Waals surface area contributed by atoms with Crippen molar-refractivity contribution in [2.24, 2.45) is 5.92 Å². The number of ether oxygens (including phenoxy) is 4. The standard InChI is InChI=1S/C37H45ClFN3O7S/c1-4-48-37(45)22-11-13-24(14-12-22)49-36(41-19-31(46-2)32(20-41)47-3)30-9-7-15-42(30)34(43)17-23-16-27(38)29(18-28(23)39)40-35(44)26-21-50-33-10-6-5-8-25(26)33/h5-6,8,10,16,18,21-22,24,30-32,36H,4,7,9,11-15,17,19-20H2,1-3H3,(H,40,44)/t22?,24?,30-,31-,32+,36?/m0/s1. The number of fused-ring (bicyclic) bond motifs is 1. The second kappa shape index (κ2) is 16.5. The van der Waals surface area contributed by atoms with E-state index in [0.29, 0.717) is 57.5 Å². The van der Waals surface area contributed by atoms with Crippen molar-refractivity contribution < 1.29 is 37.7 Å². The zero-order valence-corrected chi connectivity index (χ0v) is 30.3. The van der Waals surface area contributed by atoms with Gasteiger partial charge in [-0.05, 0) is 69.2 Å². The minimum atomic E-state index is -0.624. The van der Waals surface area contributed by atoms with Crippen molar-refractivity contribution >= 4 is 56.5 Å². The first kappa shape index (κ1) is 36.7. The molecule has 270 valence electrons. The summed E-state index contributed by atoms with van der Waals surface area (Å²) >= 11 is 8.02. The second-order valence-corrected chi connectivity index (χ2v) is 14.6. The lowest BCUT2D eigenvalue weighted by Gasteiger charge is -2.40. The zero-order valence-electron chi connectivity index (χ0n) is 28.7. The zero-order chi connectivity index (χ0) is 35.4. The number of carbonyl (C=O) groups is 3. The third-order valence-electron chi connectivity index (χ3n) is 10.2. The van der Waals surface area contributed by atoms with Gasteiger partial charge in [0.1, 0.15) is 12.0 Å². The number of carbonyl (C=O) groups excluding carboxylic acids is 3. The van der Waals surface area contributed by atoms with Crippen molar-refractivity contribution in [2.75, 3.05) is 45.8 Å². The predicted molar refractivity (Wildman–Crippen MR) is 190 cm³/mol. The molecule has 10 nitrogen and oxygen atoms in total. The number of amides is 2. The highest BCUT2D eigenvalue weighted by molar-refractivity contribution is 7.17. The van der Waals surface area contributed by atoms with Crippen LogP contribution in [0, 0.1) is 11.7 Å². The van der Waals surface area contributed by atoms with Crippen LogP contribution in [0.3, 0.4) is 0 Å². The van der Waals surface area contributed by atoms with E-state index in [4.69, 9.17) is 30.5 Å². The van der Waals surface area contributed by atoms with E-state index in [9.17, 15) is 14.4 Å². The number of benzene rings is 2. The number of thiophene rings is 1. The van der Waals surface area contributed by atoms with Gasteiger partial charge in [0.15, 0.2) is 0 Å². The van der Waals surface area contributed by atoms with Crippen molar-refractivity contribution in [3.63, 3.8) is 0 Å². The first-order valence-corrected chi connectivity index (χ1v) is 18.6. The lowest BCUT2D eigenvalue weighted by atomic mass is 9.87. The summed E-state index contributed by atoms with van der Waals surface area (Å²) in [6, 6.07) is 9.90. The van der Waals surface area contributed by atoms with E-state index in [1.54, 1.807) is 19.6 Å². The number of rotatable bonds is 12. The first-order chi connectivity index (χ1) is 24.2. The molecule has 1 aromatic heterocycles. The number of esters is 1. The molecule has 2 amide bonds. The second-order valence-electron chi connectivity index (χ2n) is 13.3. The highest BCUT2D eigenvalue weighted by Crippen LogP contribution is 2.35. The van der Waals surface area contributed by atoms with E-state index in [1.807, 2.05) is 36.1 Å². The maximum atomic E-state index is 15.6. The molecule has 6 rings (SSSR count). The quantitative estimate of drug-likeness (QED) is 0.217. The van der Waals surface area contributed by atoms with Crippen LogP contribution in [-0.4, -0.2) is 98.6 Å². The Morgan fingerprint density at radius 1 is 1.04 bits per heavy atom. The number of nitrogens with one attached hydrogen (secondary N) is 1. The van der Waals surface area contributed by atoms with Crippen molar-refractivity contribution in [2.45, 2.75) is 82.5 Å². The van der Waals surface area contributed by atoms with Crippen LogP contribution in [0.15, 0.2) is 41.8 Å². The molecule has 13 heteroatoms. The smallest absolute Gasteiger partial charge is 0.308 e. The van der Waals surface area contributed by atoms with Gasteiger partial charge in [0, 0.05) is 49.3 Å². The summed E-state index contributed by atoms with van der Waals surface area (Å²) in [5, 5.41) is 5.46. The minimum absolute atomic E-state index is 0.0862. The van der Waals surface area contributed by atoms with Gasteiger partial charge in [-0.15, -0.1) is 11.3 Å². The Morgan fingerprint density at radius 2 is 1.76 bits per heavy atom. The molecule has 4 atom stereocenters. The topological polar surface area (TPSA) is 107 Å². The molecule has 1 aliphatic carbocycles. The molecule has 3 heterocycles. The van der Waals surface area contributed by atoms with Crippen LogP contribution < -0.4 is 5.32 Å². The average molecular weight is 730 g/mol. The molecule has 3 fully saturated rings. The van der Waals surface area contributed by atoms with Crippen molar-refractivity contribution in [1.29, 1.82) is 0 Å². The van der Waals surface area contributed by atoms with Crippen molar-refractivity contribution in [1.82, 2.24) is 9.80 Å². The van der Waals surface area contributed by atoms with Gasteiger partial charge in [0.2, 0.25) is 5.91 Å². The maximum Gasteiger partial charge on any atom is 0.308 e. The minimum Gasteiger partial charge on any atom is -0.466 e. The van der Waals surface area contributed by atoms with E-state index in [-0.39, 0.29) is 70.7 Å². The van der Waals surface area contributed by atoms with E-state index in [2.05, 4.69) is 10.2 Å². The van der Waals surface area contributed by atoms with Gasteiger partial charge in [0.05, 0.1) is 59.6 Å². The molecule has 1 unspecified atom stereocenters. The predicted octanol–water partition coefficient (Wildman–Crippen LogP) is 6.29. The molecule has 50 heavy (non-hydrogen) atoms. The number of hydrogen-bond donors (Lipinski definition) is 1. The van der Waals surface area contributed by atoms with Gasteiger partial charge >= 0.3 is 5.97 Å². The summed E-state index contributed by atoms with van der Waals surface area (Å²) in [6.45, 7) is 3.86. The van der Waals surface area contributed by atoms with Gasteiger partial charge in [-0.1, -0.05) is 29.8 Å². The Bertz CT molecular complexity index is 1670. The fourth-order valence-corrected chi connectivity index (χ4v) is 8.74. The Kier molecular flexibility index (Phi) is 12.1. The number of likely N-dealkylation sites (tertiary alicyclic amines) is 2. The average Bonchev–Trinajstić information content (AvgIpc) is 3.88. The first-order valence-electron chi connectivity index (χ1n) is 17.4. The number of hydrogen-bond acceptors (Lipinski definition) is 9. The molecule has 1 N–H and O–H groups in total. The normalized spacial score (nSPS) is 24.8. The van der Waals surface area contributed by atoms with Crippen LogP contribution >= 0.6 is 22.9 Å². The molecule has 2 aliphatic heterocycles. The Morgan fingerprint density at radius 3 is 2.46 bits per heavy atom. The van der Waals surface area contributed by atoms with E-state index in [1.165, 1.54) is 23.5 Å². The van der Waals surface area contributed by atoms with Gasteiger partial charge in [0.25, 0.3) is 5.91 Å². The van der Waals surface area contributed by atoms with E-state index >= 15 is 4.39 Å². The molecule has 0 spiro atoms. The molecule has 2 aromatic carbocycles. The largest absolute Gasteiger partial charge is 0.466 e. The van der Waals surface area contributed by atoms with Gasteiger partial charge < -0.3 is 29.2 Å². The molecule has 3 aromatic rings. The van der Waals surface area contributed by atoms with Gasteiger partial charge in [-0.3, -0.25) is 19.3 Å². The Hall–Kier alpha value is -3.13. The third-order valence-corrected chi connectivity index (χ3v) is 11.5. The summed E-state index contributed by atoms with van der Waals surface area (Å²) in [7, 11) is 3.33. The molecule has 0 bridgehead atoms. The summed E-state index contributed by atoms with van der Waals surface area (Å²) < 4.78 is 40.1. The van der Waals surface area contributed by atoms with Crippen LogP contribution in [-0.2, 0) is 35.0 Å². The number of nitrogens with zero attached hydrogens (tertiary/aromatic N) is 2. The fourth-order valence-electron chi connectivity index (χ4n) is 7.57. The van der Waals surface area contributed by atoms with E-state index < -0.39 is 12.0 Å². The lowest BCUT2D eigenvalue weighted by molar-refractivity contribution is -0.160. The highest BCUT2D eigenvalue weighted by Gasteiger charge is 2.45. The van der Waals surface area contributed by atoms with Gasteiger partial charge in [-0.25, -0.2) is 4.39 Å². The molecular formula is C37H45ClFN3O7S. The molecule has 0 radical (unpaired) electrons. The number of halogens is 2.